The molecular weight excluding hydrogens is 250 g/mol. The lowest BCUT2D eigenvalue weighted by Crippen LogP contribution is -2.47. The van der Waals surface area contributed by atoms with Crippen molar-refractivity contribution in [3.05, 3.63) is 32.6 Å². The third-order valence-electron chi connectivity index (χ3n) is 3.30. The lowest BCUT2D eigenvalue weighted by Gasteiger charge is -2.27. The van der Waals surface area contributed by atoms with Gasteiger partial charge >= 0.3 is 5.69 Å². The van der Waals surface area contributed by atoms with Gasteiger partial charge in [0.1, 0.15) is 6.54 Å². The second-order valence-electron chi connectivity index (χ2n) is 4.54. The van der Waals surface area contributed by atoms with Gasteiger partial charge in [0.05, 0.1) is 13.2 Å². The van der Waals surface area contributed by atoms with Gasteiger partial charge < -0.3 is 14.2 Å². The number of hydrogen-bond acceptors (Lipinski definition) is 4. The quantitative estimate of drug-likeness (QED) is 0.668. The van der Waals surface area contributed by atoms with Crippen molar-refractivity contribution in [3.8, 4) is 0 Å². The van der Waals surface area contributed by atoms with Crippen LogP contribution < -0.4 is 11.2 Å². The van der Waals surface area contributed by atoms with E-state index in [0.29, 0.717) is 32.0 Å². The molecule has 2 heterocycles. The number of carbonyl (C=O) groups excluding carboxylic acids is 1. The molecule has 0 aliphatic carbocycles. The summed E-state index contributed by atoms with van der Waals surface area (Å²) in [6.07, 6.45) is 0. The van der Waals surface area contributed by atoms with Gasteiger partial charge in [-0.25, -0.2) is 4.79 Å². The highest BCUT2D eigenvalue weighted by molar-refractivity contribution is 5.76. The van der Waals surface area contributed by atoms with E-state index >= 15 is 0 Å². The number of aromatic nitrogens is 2. The monoisotopic (exact) mass is 267 g/mol. The maximum atomic E-state index is 12.0. The third kappa shape index (κ3) is 2.76. The van der Waals surface area contributed by atoms with E-state index in [4.69, 9.17) is 4.74 Å². The van der Waals surface area contributed by atoms with Crippen molar-refractivity contribution in [3.63, 3.8) is 0 Å². The number of morpholine rings is 1. The van der Waals surface area contributed by atoms with Crippen LogP contribution in [0.4, 0.5) is 0 Å². The van der Waals surface area contributed by atoms with Crippen LogP contribution in [0.5, 0.6) is 0 Å². The molecule has 0 saturated carbocycles. The Bertz CT molecular complexity index is 596. The van der Waals surface area contributed by atoms with Crippen LogP contribution in [0.25, 0.3) is 0 Å². The number of rotatable bonds is 2. The van der Waals surface area contributed by atoms with E-state index in [1.54, 1.807) is 18.9 Å². The van der Waals surface area contributed by atoms with Crippen molar-refractivity contribution in [1.82, 2.24) is 14.0 Å². The molecule has 1 aromatic rings. The Morgan fingerprint density at radius 1 is 1.32 bits per heavy atom. The Balaban J connectivity index is 2.24. The smallest absolute Gasteiger partial charge is 0.331 e. The zero-order valence-electron chi connectivity index (χ0n) is 11.1. The molecule has 7 nitrogen and oxygen atoms in total. The SMILES string of the molecule is Cc1cc(=O)n(CC(=O)N2CCOCC2)c(=O)n1C. The average Bonchev–Trinajstić information content (AvgIpc) is 2.42. The standard InChI is InChI=1S/C12H17N3O4/c1-9-7-10(16)15(12(18)13(9)2)8-11(17)14-3-5-19-6-4-14/h7H,3-6,8H2,1-2H3. The molecule has 1 aromatic heterocycles. The molecule has 0 atom stereocenters. The molecule has 1 saturated heterocycles. The lowest BCUT2D eigenvalue weighted by molar-refractivity contribution is -0.136. The molecule has 2 rings (SSSR count). The van der Waals surface area contributed by atoms with Gasteiger partial charge in [0.2, 0.25) is 5.91 Å². The number of nitrogens with zero attached hydrogens (tertiary/aromatic N) is 3. The maximum Gasteiger partial charge on any atom is 0.331 e. The molecule has 0 aromatic carbocycles. The van der Waals surface area contributed by atoms with Gasteiger partial charge in [-0.2, -0.15) is 0 Å². The summed E-state index contributed by atoms with van der Waals surface area (Å²) in [6.45, 7) is 3.45. The zero-order valence-corrected chi connectivity index (χ0v) is 11.1. The summed E-state index contributed by atoms with van der Waals surface area (Å²) in [6, 6.07) is 1.36. The van der Waals surface area contributed by atoms with Crippen LogP contribution >= 0.6 is 0 Å². The minimum Gasteiger partial charge on any atom is -0.378 e. The fraction of sp³-hybridized carbons (Fsp3) is 0.583. The van der Waals surface area contributed by atoms with Gasteiger partial charge in [-0.15, -0.1) is 0 Å². The Labute approximate surface area is 110 Å². The van der Waals surface area contributed by atoms with Gasteiger partial charge in [-0.3, -0.25) is 14.2 Å². The fourth-order valence-electron chi connectivity index (χ4n) is 1.97. The summed E-state index contributed by atoms with van der Waals surface area (Å²) >= 11 is 0. The first kappa shape index (κ1) is 13.5. The van der Waals surface area contributed by atoms with E-state index in [1.165, 1.54) is 10.6 Å². The van der Waals surface area contributed by atoms with Crippen LogP contribution in [-0.2, 0) is 23.1 Å². The first-order chi connectivity index (χ1) is 9.00. The Morgan fingerprint density at radius 3 is 2.58 bits per heavy atom. The predicted molar refractivity (Wildman–Crippen MR) is 68.1 cm³/mol. The molecule has 0 bridgehead atoms. The summed E-state index contributed by atoms with van der Waals surface area (Å²) in [5.41, 5.74) is -0.334. The summed E-state index contributed by atoms with van der Waals surface area (Å²) < 4.78 is 7.47. The van der Waals surface area contributed by atoms with E-state index in [2.05, 4.69) is 0 Å². The van der Waals surface area contributed by atoms with Crippen molar-refractivity contribution in [2.24, 2.45) is 7.05 Å². The number of hydrogen-bond donors (Lipinski definition) is 0. The van der Waals surface area contributed by atoms with Crippen molar-refractivity contribution in [2.75, 3.05) is 26.3 Å². The fourth-order valence-corrected chi connectivity index (χ4v) is 1.97. The molecule has 0 spiro atoms. The Hall–Kier alpha value is -1.89. The van der Waals surface area contributed by atoms with E-state index in [-0.39, 0.29) is 12.5 Å². The Morgan fingerprint density at radius 2 is 1.95 bits per heavy atom. The normalized spacial score (nSPS) is 15.6. The second-order valence-corrected chi connectivity index (χ2v) is 4.54. The van der Waals surface area contributed by atoms with Crippen molar-refractivity contribution in [2.45, 2.75) is 13.5 Å². The topological polar surface area (TPSA) is 73.5 Å². The molecule has 0 N–H and O–H groups in total. The van der Waals surface area contributed by atoms with Gasteiger partial charge in [0, 0.05) is 31.9 Å². The average molecular weight is 267 g/mol. The largest absolute Gasteiger partial charge is 0.378 e. The van der Waals surface area contributed by atoms with Gasteiger partial charge in [-0.1, -0.05) is 0 Å². The summed E-state index contributed by atoms with van der Waals surface area (Å²) in [5.74, 6) is -0.230. The van der Waals surface area contributed by atoms with Crippen LogP contribution in [0.2, 0.25) is 0 Å². The van der Waals surface area contributed by atoms with Gasteiger partial charge in [0.15, 0.2) is 0 Å². The second kappa shape index (κ2) is 5.40. The first-order valence-corrected chi connectivity index (χ1v) is 6.13. The highest BCUT2D eigenvalue weighted by Crippen LogP contribution is 1.98. The highest BCUT2D eigenvalue weighted by Gasteiger charge is 2.19. The van der Waals surface area contributed by atoms with Gasteiger partial charge in [0.25, 0.3) is 5.56 Å². The maximum absolute atomic E-state index is 12.0. The molecule has 1 amide bonds. The minimum atomic E-state index is -0.466. The molecule has 0 unspecified atom stereocenters. The van der Waals surface area contributed by atoms with E-state index in [1.807, 2.05) is 0 Å². The van der Waals surface area contributed by atoms with Crippen molar-refractivity contribution >= 4 is 5.91 Å². The molecule has 7 heteroatoms. The molecule has 1 aliphatic rings. The van der Waals surface area contributed by atoms with Gasteiger partial charge in [-0.05, 0) is 6.92 Å². The predicted octanol–water partition coefficient (Wildman–Crippen LogP) is -1.29. The zero-order chi connectivity index (χ0) is 14.0. The van der Waals surface area contributed by atoms with Crippen LogP contribution in [0, 0.1) is 6.92 Å². The minimum absolute atomic E-state index is 0.216. The van der Waals surface area contributed by atoms with E-state index < -0.39 is 11.2 Å². The number of aryl methyl sites for hydroxylation is 1. The van der Waals surface area contributed by atoms with E-state index in [0.717, 1.165) is 4.57 Å². The lowest BCUT2D eigenvalue weighted by atomic mass is 10.4. The highest BCUT2D eigenvalue weighted by atomic mass is 16.5. The van der Waals surface area contributed by atoms with Crippen LogP contribution in [-0.4, -0.2) is 46.2 Å². The number of ether oxygens (including phenoxy) is 1. The van der Waals surface area contributed by atoms with Crippen molar-refractivity contribution < 1.29 is 9.53 Å². The van der Waals surface area contributed by atoms with Crippen LogP contribution in [0.3, 0.4) is 0 Å². The Kier molecular flexibility index (Phi) is 3.84. The molecule has 1 aliphatic heterocycles. The molecular formula is C12H17N3O4. The van der Waals surface area contributed by atoms with E-state index in [9.17, 15) is 14.4 Å². The molecule has 0 radical (unpaired) electrons. The van der Waals surface area contributed by atoms with Crippen LogP contribution in [0.1, 0.15) is 5.69 Å². The van der Waals surface area contributed by atoms with Crippen LogP contribution in [0.15, 0.2) is 15.7 Å². The number of carbonyl (C=O) groups is 1. The summed E-state index contributed by atoms with van der Waals surface area (Å²) in [7, 11) is 1.58. The summed E-state index contributed by atoms with van der Waals surface area (Å²) in [4.78, 5) is 37.4. The van der Waals surface area contributed by atoms with Crippen molar-refractivity contribution in [1.29, 1.82) is 0 Å². The number of amides is 1. The third-order valence-corrected chi connectivity index (χ3v) is 3.30. The molecule has 104 valence electrons. The first-order valence-electron chi connectivity index (χ1n) is 6.13. The molecule has 1 fully saturated rings. The summed E-state index contributed by atoms with van der Waals surface area (Å²) in [5, 5.41) is 0. The molecule has 19 heavy (non-hydrogen) atoms.